The first-order valence-electron chi connectivity index (χ1n) is 6.02. The van der Waals surface area contributed by atoms with E-state index < -0.39 is 0 Å². The Kier molecular flexibility index (Phi) is 3.60. The van der Waals surface area contributed by atoms with Crippen LogP contribution in [0.15, 0.2) is 42.5 Å². The van der Waals surface area contributed by atoms with E-state index in [-0.39, 0.29) is 0 Å². The van der Waals surface area contributed by atoms with Gasteiger partial charge in [-0.15, -0.1) is 0 Å². The van der Waals surface area contributed by atoms with E-state index >= 15 is 0 Å². The molecule has 88 valence electrons. The lowest BCUT2D eigenvalue weighted by atomic mass is 9.98. The third-order valence-electron chi connectivity index (χ3n) is 3.04. The summed E-state index contributed by atoms with van der Waals surface area (Å²) in [5, 5.41) is 3.16. The van der Waals surface area contributed by atoms with Crippen LogP contribution in [0.2, 0.25) is 0 Å². The number of hydrogen-bond acceptors (Lipinski definition) is 1. The number of hydrogen-bond donors (Lipinski definition) is 1. The highest BCUT2D eigenvalue weighted by atomic mass is 14.8. The maximum Gasteiger partial charge on any atom is 0.0202 e. The van der Waals surface area contributed by atoms with E-state index in [9.17, 15) is 0 Å². The second-order valence-electron chi connectivity index (χ2n) is 4.55. The quantitative estimate of drug-likeness (QED) is 0.840. The molecule has 0 spiro atoms. The molecule has 0 aliphatic rings. The molecule has 2 aromatic rings. The highest BCUT2D eigenvalue weighted by molar-refractivity contribution is 5.68. The molecule has 0 bridgehead atoms. The van der Waals surface area contributed by atoms with Gasteiger partial charge in [-0.2, -0.15) is 0 Å². The van der Waals surface area contributed by atoms with Crippen LogP contribution in [0, 0.1) is 13.8 Å². The van der Waals surface area contributed by atoms with Crippen LogP contribution in [0.1, 0.15) is 16.7 Å². The van der Waals surface area contributed by atoms with Crippen molar-refractivity contribution in [2.45, 2.75) is 20.4 Å². The molecule has 1 heteroatoms. The monoisotopic (exact) mass is 225 g/mol. The Morgan fingerprint density at radius 1 is 0.941 bits per heavy atom. The Labute approximate surface area is 103 Å². The summed E-state index contributed by atoms with van der Waals surface area (Å²) in [6.45, 7) is 5.22. The normalized spacial score (nSPS) is 10.5. The molecule has 0 aliphatic carbocycles. The predicted molar refractivity (Wildman–Crippen MR) is 74.1 cm³/mol. The number of aryl methyl sites for hydroxylation is 2. The van der Waals surface area contributed by atoms with Crippen molar-refractivity contribution in [2.75, 3.05) is 7.05 Å². The third-order valence-corrected chi connectivity index (χ3v) is 3.04. The maximum atomic E-state index is 3.16. The zero-order valence-corrected chi connectivity index (χ0v) is 10.7. The molecule has 0 aromatic heterocycles. The summed E-state index contributed by atoms with van der Waals surface area (Å²) in [6.07, 6.45) is 0. The molecule has 0 saturated carbocycles. The van der Waals surface area contributed by atoms with Gasteiger partial charge in [-0.05, 0) is 43.1 Å². The van der Waals surface area contributed by atoms with Gasteiger partial charge < -0.3 is 5.32 Å². The minimum absolute atomic E-state index is 0.924. The van der Waals surface area contributed by atoms with Gasteiger partial charge in [0.05, 0.1) is 0 Å². The second-order valence-corrected chi connectivity index (χ2v) is 4.55. The molecule has 17 heavy (non-hydrogen) atoms. The summed E-state index contributed by atoms with van der Waals surface area (Å²) in [5.41, 5.74) is 6.59. The maximum absolute atomic E-state index is 3.16. The van der Waals surface area contributed by atoms with Gasteiger partial charge in [-0.1, -0.05) is 48.0 Å². The van der Waals surface area contributed by atoms with E-state index in [1.54, 1.807) is 0 Å². The van der Waals surface area contributed by atoms with Crippen LogP contribution in [-0.4, -0.2) is 7.05 Å². The van der Waals surface area contributed by atoms with E-state index in [0.717, 1.165) is 6.54 Å². The summed E-state index contributed by atoms with van der Waals surface area (Å²) in [4.78, 5) is 0. The Bertz CT molecular complexity index is 497. The van der Waals surface area contributed by atoms with Crippen molar-refractivity contribution in [3.63, 3.8) is 0 Å². The van der Waals surface area contributed by atoms with Gasteiger partial charge in [0.2, 0.25) is 0 Å². The van der Waals surface area contributed by atoms with Crippen LogP contribution in [-0.2, 0) is 6.54 Å². The fourth-order valence-electron chi connectivity index (χ4n) is 2.05. The summed E-state index contributed by atoms with van der Waals surface area (Å²) in [7, 11) is 1.97. The molecule has 0 fully saturated rings. The Hall–Kier alpha value is -1.60. The first-order valence-corrected chi connectivity index (χ1v) is 6.02. The molecule has 0 saturated heterocycles. The first kappa shape index (κ1) is 11.9. The highest BCUT2D eigenvalue weighted by Gasteiger charge is 2.02. The van der Waals surface area contributed by atoms with Gasteiger partial charge in [0.25, 0.3) is 0 Å². The lowest BCUT2D eigenvalue weighted by molar-refractivity contribution is 0.818. The summed E-state index contributed by atoms with van der Waals surface area (Å²) in [5.74, 6) is 0. The van der Waals surface area contributed by atoms with Gasteiger partial charge in [0.15, 0.2) is 0 Å². The Morgan fingerprint density at radius 2 is 1.65 bits per heavy atom. The van der Waals surface area contributed by atoms with Crippen LogP contribution in [0.25, 0.3) is 11.1 Å². The molecule has 0 heterocycles. The molecule has 0 amide bonds. The zero-order chi connectivity index (χ0) is 12.3. The molecular formula is C16H19N. The molecule has 2 aromatic carbocycles. The van der Waals surface area contributed by atoms with Crippen LogP contribution in [0.5, 0.6) is 0 Å². The van der Waals surface area contributed by atoms with Crippen molar-refractivity contribution in [1.29, 1.82) is 0 Å². The molecule has 1 nitrogen and oxygen atoms in total. The van der Waals surface area contributed by atoms with Gasteiger partial charge >= 0.3 is 0 Å². The largest absolute Gasteiger partial charge is 0.316 e. The van der Waals surface area contributed by atoms with Gasteiger partial charge in [-0.25, -0.2) is 0 Å². The van der Waals surface area contributed by atoms with Gasteiger partial charge in [0.1, 0.15) is 0 Å². The van der Waals surface area contributed by atoms with E-state index in [1.807, 2.05) is 7.05 Å². The Morgan fingerprint density at radius 3 is 2.29 bits per heavy atom. The van der Waals surface area contributed by atoms with Crippen LogP contribution in [0.4, 0.5) is 0 Å². The molecular weight excluding hydrogens is 206 g/mol. The van der Waals surface area contributed by atoms with E-state index in [0.29, 0.717) is 0 Å². The number of rotatable bonds is 3. The lowest BCUT2D eigenvalue weighted by Crippen LogP contribution is -2.04. The smallest absolute Gasteiger partial charge is 0.0202 e. The van der Waals surface area contributed by atoms with Crippen LogP contribution >= 0.6 is 0 Å². The van der Waals surface area contributed by atoms with E-state index in [2.05, 4.69) is 61.6 Å². The minimum Gasteiger partial charge on any atom is -0.316 e. The van der Waals surface area contributed by atoms with Gasteiger partial charge in [-0.3, -0.25) is 0 Å². The molecule has 2 rings (SSSR count). The average Bonchev–Trinajstić information content (AvgIpc) is 2.34. The van der Waals surface area contributed by atoms with E-state index in [1.165, 1.54) is 27.8 Å². The van der Waals surface area contributed by atoms with Gasteiger partial charge in [0, 0.05) is 6.54 Å². The SMILES string of the molecule is CNCc1ccc(-c2cc(C)ccc2C)cc1. The molecule has 0 atom stereocenters. The summed E-state index contributed by atoms with van der Waals surface area (Å²) >= 11 is 0. The Balaban J connectivity index is 2.36. The number of benzene rings is 2. The van der Waals surface area contributed by atoms with Crippen molar-refractivity contribution >= 4 is 0 Å². The zero-order valence-electron chi connectivity index (χ0n) is 10.7. The topological polar surface area (TPSA) is 12.0 Å². The fraction of sp³-hybridized carbons (Fsp3) is 0.250. The van der Waals surface area contributed by atoms with E-state index in [4.69, 9.17) is 0 Å². The fourth-order valence-corrected chi connectivity index (χ4v) is 2.05. The summed E-state index contributed by atoms with van der Waals surface area (Å²) in [6, 6.07) is 15.4. The first-order chi connectivity index (χ1) is 8.20. The van der Waals surface area contributed by atoms with Crippen molar-refractivity contribution in [3.05, 3.63) is 59.2 Å². The second kappa shape index (κ2) is 5.15. The van der Waals surface area contributed by atoms with Crippen molar-refractivity contribution in [3.8, 4) is 11.1 Å². The van der Waals surface area contributed by atoms with Crippen LogP contribution < -0.4 is 5.32 Å². The third kappa shape index (κ3) is 2.75. The van der Waals surface area contributed by atoms with Crippen LogP contribution in [0.3, 0.4) is 0 Å². The predicted octanol–water partition coefficient (Wildman–Crippen LogP) is 3.69. The molecule has 0 unspecified atom stereocenters. The van der Waals surface area contributed by atoms with Crippen molar-refractivity contribution in [1.82, 2.24) is 5.32 Å². The molecule has 1 N–H and O–H groups in total. The highest BCUT2D eigenvalue weighted by Crippen LogP contribution is 2.24. The minimum atomic E-state index is 0.924. The summed E-state index contributed by atoms with van der Waals surface area (Å²) < 4.78 is 0. The lowest BCUT2D eigenvalue weighted by Gasteiger charge is -2.08. The standard InChI is InChI=1S/C16H19N/c1-12-4-5-13(2)16(10-12)15-8-6-14(7-9-15)11-17-3/h4-10,17H,11H2,1-3H3. The molecule has 0 aliphatic heterocycles. The number of nitrogens with one attached hydrogen (secondary N) is 1. The van der Waals surface area contributed by atoms with Crippen molar-refractivity contribution in [2.24, 2.45) is 0 Å². The van der Waals surface area contributed by atoms with Crippen molar-refractivity contribution < 1.29 is 0 Å². The average molecular weight is 225 g/mol. The molecule has 0 radical (unpaired) electrons.